The summed E-state index contributed by atoms with van der Waals surface area (Å²) in [5.41, 5.74) is 4.00. The summed E-state index contributed by atoms with van der Waals surface area (Å²) in [5, 5.41) is 2.98. The maximum atomic E-state index is 13.9. The highest BCUT2D eigenvalue weighted by Gasteiger charge is 2.30. The van der Waals surface area contributed by atoms with Crippen molar-refractivity contribution in [3.63, 3.8) is 0 Å². The molecule has 0 radical (unpaired) electrons. The second-order valence-corrected chi connectivity index (χ2v) is 13.1. The van der Waals surface area contributed by atoms with Crippen LogP contribution in [0, 0.1) is 25.6 Å². The van der Waals surface area contributed by atoms with Crippen LogP contribution in [0.1, 0.15) is 48.9 Å². The lowest BCUT2D eigenvalue weighted by atomic mass is 10.0. The summed E-state index contributed by atoms with van der Waals surface area (Å²) in [6.45, 7) is 8.48. The number of benzene rings is 3. The van der Waals surface area contributed by atoms with Crippen LogP contribution in [0.3, 0.4) is 0 Å². The van der Waals surface area contributed by atoms with Crippen molar-refractivity contribution in [1.29, 1.82) is 0 Å². The SMILES string of the molecule is Cc1cccc(N(CCCC(=O)N(Cc2ccc(F)cc2)[C@@H](Cc2ccccc2)C(=O)NCC(C)C)S(C)(=O)=O)c1C. The van der Waals surface area contributed by atoms with Crippen LogP contribution in [0.4, 0.5) is 10.1 Å². The van der Waals surface area contributed by atoms with E-state index in [9.17, 15) is 22.4 Å². The molecule has 3 rings (SSSR count). The average Bonchev–Trinajstić information content (AvgIpc) is 2.94. The second-order valence-electron chi connectivity index (χ2n) is 11.2. The summed E-state index contributed by atoms with van der Waals surface area (Å²) in [6, 6.07) is 20.1. The fourth-order valence-electron chi connectivity index (χ4n) is 4.75. The summed E-state index contributed by atoms with van der Waals surface area (Å²) in [6.07, 6.45) is 1.74. The fourth-order valence-corrected chi connectivity index (χ4v) is 5.77. The molecule has 0 heterocycles. The Kier molecular flexibility index (Phi) is 11.7. The zero-order valence-corrected chi connectivity index (χ0v) is 26.0. The van der Waals surface area contributed by atoms with Crippen LogP contribution in [-0.2, 0) is 32.6 Å². The molecule has 9 heteroatoms. The van der Waals surface area contributed by atoms with Crippen molar-refractivity contribution in [3.05, 3.63) is 101 Å². The maximum Gasteiger partial charge on any atom is 0.243 e. The monoisotopic (exact) mass is 595 g/mol. The topological polar surface area (TPSA) is 86.8 Å². The van der Waals surface area contributed by atoms with E-state index in [0.717, 1.165) is 22.9 Å². The molecule has 1 N–H and O–H groups in total. The van der Waals surface area contributed by atoms with Crippen molar-refractivity contribution in [2.24, 2.45) is 5.92 Å². The summed E-state index contributed by atoms with van der Waals surface area (Å²) >= 11 is 0. The normalized spacial score (nSPS) is 12.2. The molecule has 226 valence electrons. The van der Waals surface area contributed by atoms with E-state index < -0.39 is 16.1 Å². The van der Waals surface area contributed by atoms with E-state index in [4.69, 9.17) is 0 Å². The molecule has 2 amide bonds. The van der Waals surface area contributed by atoms with Gasteiger partial charge in [-0.05, 0) is 66.6 Å². The summed E-state index contributed by atoms with van der Waals surface area (Å²) in [4.78, 5) is 29.0. The van der Waals surface area contributed by atoms with Gasteiger partial charge in [-0.25, -0.2) is 12.8 Å². The maximum absolute atomic E-state index is 13.9. The zero-order chi connectivity index (χ0) is 30.9. The molecule has 0 spiro atoms. The van der Waals surface area contributed by atoms with Gasteiger partial charge in [-0.15, -0.1) is 0 Å². The molecule has 0 aliphatic rings. The lowest BCUT2D eigenvalue weighted by Gasteiger charge is -2.32. The number of hydrogen-bond donors (Lipinski definition) is 1. The van der Waals surface area contributed by atoms with Crippen LogP contribution >= 0.6 is 0 Å². The molecule has 0 saturated carbocycles. The number of rotatable bonds is 14. The van der Waals surface area contributed by atoms with Crippen LogP contribution < -0.4 is 9.62 Å². The number of carbonyl (C=O) groups excluding carboxylic acids is 2. The molecular formula is C33H42FN3O4S. The van der Waals surface area contributed by atoms with Crippen molar-refractivity contribution in [2.45, 2.75) is 59.5 Å². The van der Waals surface area contributed by atoms with Gasteiger partial charge in [-0.3, -0.25) is 13.9 Å². The van der Waals surface area contributed by atoms with Gasteiger partial charge in [0.2, 0.25) is 21.8 Å². The number of hydrogen-bond acceptors (Lipinski definition) is 4. The minimum atomic E-state index is -3.61. The lowest BCUT2D eigenvalue weighted by Crippen LogP contribution is -2.51. The zero-order valence-electron chi connectivity index (χ0n) is 25.1. The van der Waals surface area contributed by atoms with Gasteiger partial charge in [0.25, 0.3) is 0 Å². The van der Waals surface area contributed by atoms with E-state index in [-0.39, 0.29) is 49.5 Å². The van der Waals surface area contributed by atoms with Crippen LogP contribution in [0.25, 0.3) is 0 Å². The first-order valence-electron chi connectivity index (χ1n) is 14.3. The number of halogens is 1. The van der Waals surface area contributed by atoms with Gasteiger partial charge < -0.3 is 10.2 Å². The molecule has 3 aromatic rings. The van der Waals surface area contributed by atoms with E-state index in [1.165, 1.54) is 16.4 Å². The molecule has 0 fully saturated rings. The van der Waals surface area contributed by atoms with Crippen molar-refractivity contribution < 1.29 is 22.4 Å². The Hall–Kier alpha value is -3.72. The van der Waals surface area contributed by atoms with E-state index >= 15 is 0 Å². The van der Waals surface area contributed by atoms with E-state index in [1.54, 1.807) is 23.1 Å². The third-order valence-electron chi connectivity index (χ3n) is 7.22. The minimum Gasteiger partial charge on any atom is -0.354 e. The van der Waals surface area contributed by atoms with E-state index in [1.807, 2.05) is 70.2 Å². The molecule has 0 saturated heterocycles. The minimum absolute atomic E-state index is 0.0286. The summed E-state index contributed by atoms with van der Waals surface area (Å²) < 4.78 is 40.5. The van der Waals surface area contributed by atoms with Gasteiger partial charge in [-0.2, -0.15) is 0 Å². The smallest absolute Gasteiger partial charge is 0.243 e. The van der Waals surface area contributed by atoms with Gasteiger partial charge in [0, 0.05) is 32.5 Å². The Labute approximate surface area is 249 Å². The van der Waals surface area contributed by atoms with Crippen LogP contribution in [0.2, 0.25) is 0 Å². The third-order valence-corrected chi connectivity index (χ3v) is 8.40. The highest BCUT2D eigenvalue weighted by atomic mass is 32.2. The number of nitrogens with zero attached hydrogens (tertiary/aromatic N) is 2. The van der Waals surface area contributed by atoms with Crippen molar-refractivity contribution in [1.82, 2.24) is 10.2 Å². The van der Waals surface area contributed by atoms with E-state index in [2.05, 4.69) is 5.32 Å². The van der Waals surface area contributed by atoms with Gasteiger partial charge in [0.05, 0.1) is 11.9 Å². The average molecular weight is 596 g/mol. The molecule has 42 heavy (non-hydrogen) atoms. The molecule has 7 nitrogen and oxygen atoms in total. The fraction of sp³-hybridized carbons (Fsp3) is 0.394. The Bertz CT molecular complexity index is 1440. The predicted molar refractivity (Wildman–Crippen MR) is 166 cm³/mol. The van der Waals surface area contributed by atoms with Crippen molar-refractivity contribution in [3.8, 4) is 0 Å². The number of sulfonamides is 1. The Morgan fingerprint density at radius 2 is 1.57 bits per heavy atom. The number of aryl methyl sites for hydroxylation is 1. The Morgan fingerprint density at radius 3 is 2.19 bits per heavy atom. The highest BCUT2D eigenvalue weighted by Crippen LogP contribution is 2.26. The van der Waals surface area contributed by atoms with Gasteiger partial charge in [0.15, 0.2) is 0 Å². The van der Waals surface area contributed by atoms with Gasteiger partial charge in [0.1, 0.15) is 11.9 Å². The van der Waals surface area contributed by atoms with Crippen molar-refractivity contribution >= 4 is 27.5 Å². The Morgan fingerprint density at radius 1 is 0.905 bits per heavy atom. The molecule has 1 atom stereocenters. The summed E-state index contributed by atoms with van der Waals surface area (Å²) in [5.74, 6) is -0.718. The first kappa shape index (κ1) is 32.8. The molecule has 3 aromatic carbocycles. The van der Waals surface area contributed by atoms with Crippen LogP contribution in [0.5, 0.6) is 0 Å². The molecule has 0 unspecified atom stereocenters. The highest BCUT2D eigenvalue weighted by molar-refractivity contribution is 7.92. The van der Waals surface area contributed by atoms with Crippen LogP contribution in [-0.4, -0.2) is 50.5 Å². The lowest BCUT2D eigenvalue weighted by molar-refractivity contribution is -0.141. The standard InChI is InChI=1S/C33H42FN3O4S/c1-24(2)22-35-33(39)31(21-27-12-7-6-8-13-27)36(23-28-16-18-29(34)19-17-28)32(38)15-10-20-37(42(5,40)41)30-14-9-11-25(3)26(30)4/h6-9,11-14,16-19,24,31H,10,15,20-23H2,1-5H3,(H,35,39)/t31-/m0/s1. The molecule has 0 bridgehead atoms. The number of anilines is 1. The predicted octanol–water partition coefficient (Wildman–Crippen LogP) is 5.40. The van der Waals surface area contributed by atoms with Crippen LogP contribution in [0.15, 0.2) is 72.8 Å². The quantitative estimate of drug-likeness (QED) is 0.270. The number of nitrogens with one attached hydrogen (secondary N) is 1. The molecule has 0 aromatic heterocycles. The molecular weight excluding hydrogens is 553 g/mol. The summed E-state index contributed by atoms with van der Waals surface area (Å²) in [7, 11) is -3.61. The largest absolute Gasteiger partial charge is 0.354 e. The second kappa shape index (κ2) is 15.0. The number of carbonyl (C=O) groups is 2. The first-order chi connectivity index (χ1) is 19.9. The van der Waals surface area contributed by atoms with Crippen molar-refractivity contribution in [2.75, 3.05) is 23.7 Å². The van der Waals surface area contributed by atoms with Gasteiger partial charge >= 0.3 is 0 Å². The first-order valence-corrected chi connectivity index (χ1v) is 16.1. The third kappa shape index (κ3) is 9.41. The molecule has 0 aliphatic carbocycles. The number of amides is 2. The van der Waals surface area contributed by atoms with E-state index in [0.29, 0.717) is 24.2 Å². The Balaban J connectivity index is 1.89. The molecule has 0 aliphatic heterocycles. The van der Waals surface area contributed by atoms with Gasteiger partial charge in [-0.1, -0.05) is 68.4 Å².